The zero-order valence-electron chi connectivity index (χ0n) is 3.95. The zero-order chi connectivity index (χ0) is 5.41. The van der Waals surface area contributed by atoms with Crippen LogP contribution in [0.2, 0.25) is 0 Å². The maximum absolute atomic E-state index is 4.00. The lowest BCUT2D eigenvalue weighted by atomic mass is 10.6. The van der Waals surface area contributed by atoms with Crippen LogP contribution in [-0.2, 0) is 0 Å². The highest BCUT2D eigenvalue weighted by Gasteiger charge is 1.58. The van der Waals surface area contributed by atoms with E-state index in [0.717, 1.165) is 5.33 Å². The summed E-state index contributed by atoms with van der Waals surface area (Å²) in [6, 6.07) is 0. The molecule has 2 nitrogen and oxygen atoms in total. The molecule has 0 amide bonds. The Hall–Kier alpha value is 0.400. The molecule has 0 aliphatic heterocycles. The van der Waals surface area contributed by atoms with E-state index in [1.165, 1.54) is 6.42 Å². The predicted octanol–water partition coefficient (Wildman–Crippen LogP) is 0.610. The summed E-state index contributed by atoms with van der Waals surface area (Å²) < 4.78 is 0. The smallest absolute Gasteiger partial charge is 0.00286 e. The molecule has 3 heteroatoms. The highest BCUT2D eigenvalue weighted by atomic mass is 79.9. The minimum Gasteiger partial charge on any atom is -0.274 e. The lowest BCUT2D eigenvalue weighted by molar-refractivity contribution is 1.12. The van der Waals surface area contributed by atoms with Gasteiger partial charge in [0.1, 0.15) is 0 Å². The van der Waals surface area contributed by atoms with Gasteiger partial charge >= 0.3 is 0 Å². The van der Waals surface area contributed by atoms with Gasteiger partial charge in [-0.1, -0.05) is 22.9 Å². The molecule has 0 rings (SSSR count). The van der Waals surface area contributed by atoms with E-state index in [9.17, 15) is 0 Å². The third-order valence-corrected chi connectivity index (χ3v) is 0.982. The third-order valence-electron chi connectivity index (χ3n) is 0.189. The number of alkyl halides is 1. The van der Waals surface area contributed by atoms with Crippen molar-refractivity contribution in [3.8, 4) is 0 Å². The van der Waals surface area contributed by atoms with E-state index in [2.05, 4.69) is 34.5 Å². The molecule has 0 aromatic carbocycles. The van der Waals surface area contributed by atoms with E-state index in [-0.39, 0.29) is 0 Å². The van der Waals surface area contributed by atoms with Crippen molar-refractivity contribution in [3.05, 3.63) is 0 Å². The van der Waals surface area contributed by atoms with Gasteiger partial charge in [-0.2, -0.15) is 0 Å². The van der Waals surface area contributed by atoms with Crippen LogP contribution in [0.3, 0.4) is 0 Å². The Labute approximate surface area is 47.0 Å². The minimum atomic E-state index is 1.13. The van der Waals surface area contributed by atoms with Gasteiger partial charge in [0.25, 0.3) is 0 Å². The van der Waals surface area contributed by atoms with Crippen LogP contribution in [0.1, 0.15) is 13.3 Å². The molecular weight excluding hydrogens is 144 g/mol. The number of rotatable bonds is 1. The molecule has 0 unspecified atom stereocenters. The van der Waals surface area contributed by atoms with E-state index in [1.807, 2.05) is 0 Å². The van der Waals surface area contributed by atoms with Gasteiger partial charge < -0.3 is 0 Å². The summed E-state index contributed by atoms with van der Waals surface area (Å²) in [5.74, 6) is 8.00. The quantitative estimate of drug-likeness (QED) is 0.331. The lowest BCUT2D eigenvalue weighted by Crippen LogP contribution is -2.02. The van der Waals surface area contributed by atoms with Crippen molar-refractivity contribution in [3.63, 3.8) is 0 Å². The van der Waals surface area contributed by atoms with Crippen molar-refractivity contribution in [2.24, 2.45) is 11.7 Å². The summed E-state index contributed by atoms with van der Waals surface area (Å²) in [7, 11) is 0. The Bertz CT molecular complexity index is 10.8. The molecule has 0 aromatic rings. The van der Waals surface area contributed by atoms with Gasteiger partial charge in [0.15, 0.2) is 0 Å². The lowest BCUT2D eigenvalue weighted by Gasteiger charge is -1.66. The molecule has 0 spiro atoms. The van der Waals surface area contributed by atoms with Gasteiger partial charge in [-0.25, -0.2) is 0 Å². The Morgan fingerprint density at radius 3 is 1.67 bits per heavy atom. The summed E-state index contributed by atoms with van der Waals surface area (Å²) >= 11 is 3.25. The fourth-order valence-corrected chi connectivity index (χ4v) is 0. The normalized spacial score (nSPS) is 6.00. The number of hydrogen-bond donors (Lipinski definition) is 2. The van der Waals surface area contributed by atoms with Gasteiger partial charge in [0, 0.05) is 5.33 Å². The molecule has 4 N–H and O–H groups in total. The fraction of sp³-hybridized carbons (Fsp3) is 1.00. The first kappa shape index (κ1) is 9.64. The Morgan fingerprint density at radius 1 is 1.50 bits per heavy atom. The number of nitrogens with two attached hydrogens (primary N) is 2. The van der Waals surface area contributed by atoms with Crippen molar-refractivity contribution >= 4 is 15.9 Å². The maximum atomic E-state index is 4.00. The largest absolute Gasteiger partial charge is 0.274 e. The van der Waals surface area contributed by atoms with E-state index in [0.29, 0.717) is 0 Å². The molecule has 0 fully saturated rings. The summed E-state index contributed by atoms with van der Waals surface area (Å²) in [6.45, 7) is 2.13. The zero-order valence-corrected chi connectivity index (χ0v) is 5.53. The van der Waals surface area contributed by atoms with E-state index < -0.39 is 0 Å². The Balaban J connectivity index is 0. The molecule has 0 bridgehead atoms. The Morgan fingerprint density at radius 2 is 1.67 bits per heavy atom. The summed E-state index contributed by atoms with van der Waals surface area (Å²) in [5.41, 5.74) is 0. The second-order valence-corrected chi connectivity index (χ2v) is 1.48. The molecule has 6 heavy (non-hydrogen) atoms. The summed E-state index contributed by atoms with van der Waals surface area (Å²) in [6.07, 6.45) is 1.24. The van der Waals surface area contributed by atoms with E-state index in [4.69, 9.17) is 0 Å². The number of halogens is 1. The van der Waals surface area contributed by atoms with Crippen molar-refractivity contribution in [1.82, 2.24) is 0 Å². The van der Waals surface area contributed by atoms with Gasteiger partial charge in [0.2, 0.25) is 0 Å². The third kappa shape index (κ3) is 26.0. The fourth-order valence-electron chi connectivity index (χ4n) is 0. The minimum absolute atomic E-state index is 1.13. The standard InChI is InChI=1S/C3H7Br.H4N2/c1-2-3-4;1-2/h2-3H2,1H3;1-2H2. The summed E-state index contributed by atoms with van der Waals surface area (Å²) in [5, 5.41) is 1.13. The molecule has 0 heterocycles. The molecule has 0 saturated carbocycles. The molecule has 0 aliphatic carbocycles. The van der Waals surface area contributed by atoms with Crippen molar-refractivity contribution in [1.29, 1.82) is 0 Å². The molecule has 0 saturated heterocycles. The monoisotopic (exact) mass is 154 g/mol. The van der Waals surface area contributed by atoms with Gasteiger partial charge in [-0.15, -0.1) is 0 Å². The van der Waals surface area contributed by atoms with Crippen molar-refractivity contribution < 1.29 is 0 Å². The van der Waals surface area contributed by atoms with Crippen LogP contribution in [0.5, 0.6) is 0 Å². The first-order chi connectivity index (χ1) is 2.91. The van der Waals surface area contributed by atoms with Crippen LogP contribution in [-0.4, -0.2) is 5.33 Å². The molecule has 0 aromatic heterocycles. The second kappa shape index (κ2) is 18.2. The van der Waals surface area contributed by atoms with Crippen molar-refractivity contribution in [2.45, 2.75) is 13.3 Å². The highest BCUT2D eigenvalue weighted by molar-refractivity contribution is 9.09. The van der Waals surface area contributed by atoms with Gasteiger partial charge in [0.05, 0.1) is 0 Å². The topological polar surface area (TPSA) is 52.0 Å². The Kier molecular flexibility index (Phi) is 29.2. The SMILES string of the molecule is CCCBr.NN. The molecular formula is C3H11BrN2. The van der Waals surface area contributed by atoms with E-state index >= 15 is 0 Å². The average molecular weight is 155 g/mol. The molecule has 0 atom stereocenters. The molecule has 0 radical (unpaired) electrons. The van der Waals surface area contributed by atoms with Gasteiger partial charge in [-0.3, -0.25) is 11.7 Å². The van der Waals surface area contributed by atoms with Crippen LogP contribution in [0, 0.1) is 0 Å². The first-order valence-electron chi connectivity index (χ1n) is 1.81. The van der Waals surface area contributed by atoms with E-state index in [1.54, 1.807) is 0 Å². The van der Waals surface area contributed by atoms with Crippen LogP contribution in [0.4, 0.5) is 0 Å². The summed E-state index contributed by atoms with van der Waals surface area (Å²) in [4.78, 5) is 0. The van der Waals surface area contributed by atoms with Crippen LogP contribution in [0.15, 0.2) is 0 Å². The number of hydrazine groups is 1. The second-order valence-electron chi connectivity index (χ2n) is 0.689. The number of hydrogen-bond acceptors (Lipinski definition) is 2. The van der Waals surface area contributed by atoms with Crippen LogP contribution < -0.4 is 11.7 Å². The highest BCUT2D eigenvalue weighted by Crippen LogP contribution is 1.80. The predicted molar refractivity (Wildman–Crippen MR) is 32.5 cm³/mol. The van der Waals surface area contributed by atoms with Crippen LogP contribution >= 0.6 is 15.9 Å². The molecule has 40 valence electrons. The average Bonchev–Trinajstić information content (AvgIpc) is 1.72. The first-order valence-corrected chi connectivity index (χ1v) is 2.93. The maximum Gasteiger partial charge on any atom is 0.00286 e. The van der Waals surface area contributed by atoms with Gasteiger partial charge in [-0.05, 0) is 6.42 Å². The van der Waals surface area contributed by atoms with Crippen LogP contribution in [0.25, 0.3) is 0 Å². The molecule has 0 aliphatic rings. The van der Waals surface area contributed by atoms with Crippen molar-refractivity contribution in [2.75, 3.05) is 5.33 Å².